The Bertz CT molecular complexity index is 564. The van der Waals surface area contributed by atoms with Gasteiger partial charge in [-0.3, -0.25) is 9.78 Å². The Morgan fingerprint density at radius 1 is 1.12 bits per heavy atom. The fraction of sp³-hybridized carbons (Fsp3) is 0.0769. The highest BCUT2D eigenvalue weighted by Gasteiger charge is 2.14. The van der Waals surface area contributed by atoms with Crippen molar-refractivity contribution >= 4 is 5.78 Å². The summed E-state index contributed by atoms with van der Waals surface area (Å²) in [5.41, 5.74) is 0.476. The Labute approximate surface area is 96.9 Å². The first-order valence-electron chi connectivity index (χ1n) is 5.01. The zero-order chi connectivity index (χ0) is 12.4. The number of hydrogen-bond acceptors (Lipinski definition) is 2. The highest BCUT2D eigenvalue weighted by atomic mass is 19.1. The van der Waals surface area contributed by atoms with Gasteiger partial charge in [-0.25, -0.2) is 8.78 Å². The predicted molar refractivity (Wildman–Crippen MR) is 59.6 cm³/mol. The molecule has 1 aromatic carbocycles. The Kier molecular flexibility index (Phi) is 2.95. The number of hydrogen-bond donors (Lipinski definition) is 0. The molecular formula is C13H9F2NO. The van der Waals surface area contributed by atoms with Crippen molar-refractivity contribution < 1.29 is 13.6 Å². The number of carbonyl (C=O) groups is 1. The third kappa shape index (κ3) is 2.20. The fourth-order valence-electron chi connectivity index (χ4n) is 1.52. The van der Waals surface area contributed by atoms with E-state index in [1.54, 1.807) is 0 Å². The van der Waals surface area contributed by atoms with Gasteiger partial charge in [-0.15, -0.1) is 0 Å². The predicted octanol–water partition coefficient (Wildman–Crippen LogP) is 3.23. The number of ketones is 1. The smallest absolute Gasteiger partial charge is 0.162 e. The van der Waals surface area contributed by atoms with Crippen LogP contribution in [0, 0.1) is 11.6 Å². The van der Waals surface area contributed by atoms with Crippen molar-refractivity contribution in [1.29, 1.82) is 0 Å². The highest BCUT2D eigenvalue weighted by Crippen LogP contribution is 2.22. The number of rotatable bonds is 2. The molecule has 17 heavy (non-hydrogen) atoms. The van der Waals surface area contributed by atoms with E-state index in [0.29, 0.717) is 5.56 Å². The lowest BCUT2D eigenvalue weighted by Gasteiger charge is -2.05. The third-order valence-corrected chi connectivity index (χ3v) is 2.39. The van der Waals surface area contributed by atoms with Gasteiger partial charge < -0.3 is 0 Å². The summed E-state index contributed by atoms with van der Waals surface area (Å²) in [5, 5.41) is 0. The quantitative estimate of drug-likeness (QED) is 0.745. The second-order valence-corrected chi connectivity index (χ2v) is 3.58. The van der Waals surface area contributed by atoms with Crippen molar-refractivity contribution in [1.82, 2.24) is 4.98 Å². The van der Waals surface area contributed by atoms with E-state index in [1.165, 1.54) is 43.5 Å². The minimum Gasteiger partial charge on any atom is -0.294 e. The number of benzene rings is 1. The van der Waals surface area contributed by atoms with Gasteiger partial charge >= 0.3 is 0 Å². The molecule has 2 rings (SSSR count). The van der Waals surface area contributed by atoms with Gasteiger partial charge in [0.25, 0.3) is 0 Å². The third-order valence-electron chi connectivity index (χ3n) is 2.39. The van der Waals surface area contributed by atoms with Crippen LogP contribution in [0.1, 0.15) is 17.3 Å². The number of halogens is 2. The van der Waals surface area contributed by atoms with Gasteiger partial charge in [0.1, 0.15) is 11.5 Å². The molecule has 0 aliphatic heterocycles. The second-order valence-electron chi connectivity index (χ2n) is 3.58. The lowest BCUT2D eigenvalue weighted by molar-refractivity contribution is 0.101. The molecule has 0 atom stereocenters. The highest BCUT2D eigenvalue weighted by molar-refractivity contribution is 5.95. The van der Waals surface area contributed by atoms with E-state index in [2.05, 4.69) is 4.98 Å². The van der Waals surface area contributed by atoms with Gasteiger partial charge in [0.05, 0.1) is 5.56 Å². The molecule has 2 nitrogen and oxygen atoms in total. The Hall–Kier alpha value is -2.10. The molecule has 0 spiro atoms. The molecule has 0 fully saturated rings. The maximum atomic E-state index is 13.9. The summed E-state index contributed by atoms with van der Waals surface area (Å²) in [4.78, 5) is 15.0. The van der Waals surface area contributed by atoms with Crippen molar-refractivity contribution in [3.05, 3.63) is 53.7 Å². The standard InChI is InChI=1S/C13H9F2NO/c1-8(17)11-6-7-16-13(12(11)15)9-2-4-10(14)5-3-9/h2-7H,1H3. The largest absolute Gasteiger partial charge is 0.294 e. The van der Waals surface area contributed by atoms with E-state index in [9.17, 15) is 13.6 Å². The summed E-state index contributed by atoms with van der Waals surface area (Å²) < 4.78 is 26.7. The van der Waals surface area contributed by atoms with Crippen LogP contribution in [0.15, 0.2) is 36.5 Å². The van der Waals surface area contributed by atoms with Crippen molar-refractivity contribution in [3.8, 4) is 11.3 Å². The first-order valence-corrected chi connectivity index (χ1v) is 5.01. The Balaban J connectivity index is 2.56. The van der Waals surface area contributed by atoms with Gasteiger partial charge in [0.15, 0.2) is 11.6 Å². The van der Waals surface area contributed by atoms with Crippen molar-refractivity contribution in [2.24, 2.45) is 0 Å². The average molecular weight is 233 g/mol. The minimum absolute atomic E-state index is 0.0145. The van der Waals surface area contributed by atoms with Crippen molar-refractivity contribution in [2.75, 3.05) is 0 Å². The first-order chi connectivity index (χ1) is 8.09. The van der Waals surface area contributed by atoms with Crippen LogP contribution in [0.2, 0.25) is 0 Å². The summed E-state index contributed by atoms with van der Waals surface area (Å²) in [6, 6.07) is 6.60. The molecule has 0 aliphatic rings. The van der Waals surface area contributed by atoms with Crippen LogP contribution in [-0.2, 0) is 0 Å². The van der Waals surface area contributed by atoms with E-state index >= 15 is 0 Å². The van der Waals surface area contributed by atoms with Gasteiger partial charge in [0.2, 0.25) is 0 Å². The van der Waals surface area contributed by atoms with Gasteiger partial charge in [-0.05, 0) is 37.3 Å². The summed E-state index contributed by atoms with van der Waals surface area (Å²) in [6.45, 7) is 1.28. The zero-order valence-corrected chi connectivity index (χ0v) is 9.08. The SMILES string of the molecule is CC(=O)c1ccnc(-c2ccc(F)cc2)c1F. The Morgan fingerprint density at radius 2 is 1.76 bits per heavy atom. The molecule has 0 unspecified atom stereocenters. The van der Waals surface area contributed by atoms with E-state index in [4.69, 9.17) is 0 Å². The molecule has 1 aromatic heterocycles. The number of aromatic nitrogens is 1. The Morgan fingerprint density at radius 3 is 2.35 bits per heavy atom. The molecule has 0 N–H and O–H groups in total. The van der Waals surface area contributed by atoms with E-state index < -0.39 is 11.6 Å². The van der Waals surface area contributed by atoms with Gasteiger partial charge in [0, 0.05) is 11.8 Å². The number of pyridine rings is 1. The molecule has 0 saturated carbocycles. The van der Waals surface area contributed by atoms with Crippen molar-refractivity contribution in [2.45, 2.75) is 6.92 Å². The summed E-state index contributed by atoms with van der Waals surface area (Å²) in [5.74, 6) is -1.45. The molecule has 4 heteroatoms. The second kappa shape index (κ2) is 4.41. The van der Waals surface area contributed by atoms with Crippen LogP contribution in [-0.4, -0.2) is 10.8 Å². The van der Waals surface area contributed by atoms with E-state index in [1.807, 2.05) is 0 Å². The molecular weight excluding hydrogens is 224 g/mol. The van der Waals surface area contributed by atoms with Crippen LogP contribution < -0.4 is 0 Å². The van der Waals surface area contributed by atoms with Crippen LogP contribution >= 0.6 is 0 Å². The monoisotopic (exact) mass is 233 g/mol. The summed E-state index contributed by atoms with van der Waals surface area (Å²) in [6.07, 6.45) is 1.36. The number of nitrogens with zero attached hydrogens (tertiary/aromatic N) is 1. The summed E-state index contributed by atoms with van der Waals surface area (Å²) in [7, 11) is 0. The van der Waals surface area contributed by atoms with Gasteiger partial charge in [-0.2, -0.15) is 0 Å². The van der Waals surface area contributed by atoms with Crippen LogP contribution in [0.4, 0.5) is 8.78 Å². The number of Topliss-reactive ketones (excluding diaryl/α,β-unsaturated/α-hetero) is 1. The molecule has 0 saturated heterocycles. The topological polar surface area (TPSA) is 30.0 Å². The molecule has 0 amide bonds. The normalized spacial score (nSPS) is 10.3. The molecule has 86 valence electrons. The van der Waals surface area contributed by atoms with Gasteiger partial charge in [-0.1, -0.05) is 0 Å². The molecule has 0 aliphatic carbocycles. The maximum absolute atomic E-state index is 13.9. The average Bonchev–Trinajstić information content (AvgIpc) is 2.30. The zero-order valence-electron chi connectivity index (χ0n) is 9.08. The minimum atomic E-state index is -0.674. The lowest BCUT2D eigenvalue weighted by Crippen LogP contribution is -2.00. The number of carbonyl (C=O) groups excluding carboxylic acids is 1. The first kappa shape index (κ1) is 11.4. The van der Waals surface area contributed by atoms with Crippen LogP contribution in [0.3, 0.4) is 0 Å². The molecule has 2 aromatic rings. The van der Waals surface area contributed by atoms with E-state index in [0.717, 1.165) is 0 Å². The van der Waals surface area contributed by atoms with E-state index in [-0.39, 0.29) is 17.0 Å². The molecule has 0 radical (unpaired) electrons. The fourth-order valence-corrected chi connectivity index (χ4v) is 1.52. The van der Waals surface area contributed by atoms with Crippen LogP contribution in [0.25, 0.3) is 11.3 Å². The molecule has 0 bridgehead atoms. The maximum Gasteiger partial charge on any atom is 0.162 e. The van der Waals surface area contributed by atoms with Crippen molar-refractivity contribution in [3.63, 3.8) is 0 Å². The lowest BCUT2D eigenvalue weighted by atomic mass is 10.1. The molecule has 1 heterocycles. The van der Waals surface area contributed by atoms with Crippen LogP contribution in [0.5, 0.6) is 0 Å². The summed E-state index contributed by atoms with van der Waals surface area (Å²) >= 11 is 0.